The second kappa shape index (κ2) is 7.09. The van der Waals surface area contributed by atoms with Crippen molar-refractivity contribution in [1.82, 2.24) is 19.4 Å². The van der Waals surface area contributed by atoms with Gasteiger partial charge in [0.25, 0.3) is 0 Å². The van der Waals surface area contributed by atoms with Gasteiger partial charge in [-0.25, -0.2) is 9.97 Å². The van der Waals surface area contributed by atoms with Crippen LogP contribution in [0.25, 0.3) is 16.9 Å². The first kappa shape index (κ1) is 15.3. The van der Waals surface area contributed by atoms with Crippen molar-refractivity contribution in [2.45, 2.75) is 26.2 Å². The van der Waals surface area contributed by atoms with Crippen LogP contribution in [0.3, 0.4) is 0 Å². The Morgan fingerprint density at radius 1 is 1.22 bits per heavy atom. The highest BCUT2D eigenvalue weighted by atomic mass is 16.5. The topological polar surface area (TPSA) is 64.3 Å². The molecule has 0 unspecified atom stereocenters. The molecule has 0 atom stereocenters. The van der Waals surface area contributed by atoms with E-state index in [-0.39, 0.29) is 0 Å². The lowest BCUT2D eigenvalue weighted by atomic mass is 10.2. The van der Waals surface area contributed by atoms with Gasteiger partial charge >= 0.3 is 0 Å². The average molecular weight is 311 g/mol. The van der Waals surface area contributed by atoms with Gasteiger partial charge in [0.05, 0.1) is 7.11 Å². The Balaban J connectivity index is 2.01. The summed E-state index contributed by atoms with van der Waals surface area (Å²) in [7, 11) is 1.61. The van der Waals surface area contributed by atoms with Gasteiger partial charge in [0.1, 0.15) is 23.5 Å². The van der Waals surface area contributed by atoms with Gasteiger partial charge in [-0.05, 0) is 18.6 Å². The van der Waals surface area contributed by atoms with E-state index in [9.17, 15) is 0 Å². The Morgan fingerprint density at radius 2 is 2.04 bits per heavy atom. The number of anilines is 1. The number of nitrogens with one attached hydrogen (secondary N) is 1. The molecule has 0 aliphatic rings. The Kier molecular flexibility index (Phi) is 4.71. The third-order valence-corrected chi connectivity index (χ3v) is 3.73. The van der Waals surface area contributed by atoms with Crippen LogP contribution in [0.2, 0.25) is 0 Å². The van der Waals surface area contributed by atoms with Gasteiger partial charge in [-0.2, -0.15) is 0 Å². The number of aromatic nitrogens is 4. The van der Waals surface area contributed by atoms with Gasteiger partial charge in [-0.3, -0.25) is 9.38 Å². The number of hydrogen-bond acceptors (Lipinski definition) is 5. The van der Waals surface area contributed by atoms with Crippen LogP contribution in [0.4, 0.5) is 5.82 Å². The van der Waals surface area contributed by atoms with Gasteiger partial charge < -0.3 is 10.1 Å². The van der Waals surface area contributed by atoms with Gasteiger partial charge in [0, 0.05) is 30.6 Å². The summed E-state index contributed by atoms with van der Waals surface area (Å²) in [6.45, 7) is 3.11. The number of nitrogens with zero attached hydrogens (tertiary/aromatic N) is 4. The summed E-state index contributed by atoms with van der Waals surface area (Å²) in [5.41, 5.74) is 2.74. The number of hydrogen-bond donors (Lipinski definition) is 1. The zero-order valence-electron chi connectivity index (χ0n) is 13.5. The summed E-state index contributed by atoms with van der Waals surface area (Å²) in [6.07, 6.45) is 8.83. The van der Waals surface area contributed by atoms with E-state index in [1.807, 2.05) is 22.6 Å². The van der Waals surface area contributed by atoms with E-state index in [4.69, 9.17) is 9.72 Å². The number of unbranched alkanes of at least 4 members (excludes halogenated alkanes) is 2. The highest BCUT2D eigenvalue weighted by Gasteiger charge is 2.14. The van der Waals surface area contributed by atoms with Crippen molar-refractivity contribution < 1.29 is 4.74 Å². The number of pyridine rings is 1. The average Bonchev–Trinajstić information content (AvgIpc) is 2.97. The molecule has 0 aliphatic carbocycles. The predicted octanol–water partition coefficient (Wildman–Crippen LogP) is 3.40. The van der Waals surface area contributed by atoms with Crippen LogP contribution < -0.4 is 10.1 Å². The smallest absolute Gasteiger partial charge is 0.218 e. The minimum absolute atomic E-state index is 0.557. The lowest BCUT2D eigenvalue weighted by Gasteiger charge is -2.08. The van der Waals surface area contributed by atoms with E-state index in [1.165, 1.54) is 12.8 Å². The molecule has 0 spiro atoms. The molecule has 0 amide bonds. The summed E-state index contributed by atoms with van der Waals surface area (Å²) < 4.78 is 7.16. The SMILES string of the molecule is CCCCCNc1c(-c2ccncc2)nc2cc(OC)ncn12. The summed E-state index contributed by atoms with van der Waals surface area (Å²) in [4.78, 5) is 13.1. The maximum absolute atomic E-state index is 5.20. The standard InChI is InChI=1S/C17H21N5O/c1-3-4-5-8-19-17-16(13-6-9-18-10-7-13)21-14-11-15(23-2)20-12-22(14)17/h6-7,9-12,19H,3-5,8H2,1-2H3. The molecule has 3 rings (SSSR count). The van der Waals surface area contributed by atoms with E-state index >= 15 is 0 Å². The maximum atomic E-state index is 5.20. The molecule has 0 bridgehead atoms. The van der Waals surface area contributed by atoms with Gasteiger partial charge in [-0.15, -0.1) is 0 Å². The molecule has 3 aromatic heterocycles. The molecule has 0 saturated carbocycles. The van der Waals surface area contributed by atoms with Crippen LogP contribution in [0.1, 0.15) is 26.2 Å². The molecule has 0 aliphatic heterocycles. The minimum atomic E-state index is 0.557. The predicted molar refractivity (Wildman–Crippen MR) is 90.8 cm³/mol. The molecule has 0 radical (unpaired) electrons. The molecule has 0 aromatic carbocycles. The van der Waals surface area contributed by atoms with Crippen LogP contribution in [-0.4, -0.2) is 33.0 Å². The Labute approximate surface area is 135 Å². The number of rotatable bonds is 7. The first-order chi connectivity index (χ1) is 11.3. The molecule has 3 heterocycles. The van der Waals surface area contributed by atoms with Crippen molar-refractivity contribution in [3.05, 3.63) is 36.9 Å². The number of methoxy groups -OCH3 is 1. The lowest BCUT2D eigenvalue weighted by Crippen LogP contribution is -2.05. The van der Waals surface area contributed by atoms with Crippen molar-refractivity contribution in [1.29, 1.82) is 0 Å². The number of fused-ring (bicyclic) bond motifs is 1. The first-order valence-corrected chi connectivity index (χ1v) is 7.90. The molecule has 120 valence electrons. The van der Waals surface area contributed by atoms with E-state index in [2.05, 4.69) is 22.2 Å². The van der Waals surface area contributed by atoms with E-state index in [1.54, 1.807) is 25.8 Å². The van der Waals surface area contributed by atoms with Gasteiger partial charge in [0.2, 0.25) is 5.88 Å². The van der Waals surface area contributed by atoms with Gasteiger partial charge in [0.15, 0.2) is 0 Å². The van der Waals surface area contributed by atoms with Crippen molar-refractivity contribution in [2.75, 3.05) is 19.0 Å². The van der Waals surface area contributed by atoms with Crippen molar-refractivity contribution in [3.63, 3.8) is 0 Å². The fourth-order valence-electron chi connectivity index (χ4n) is 2.50. The highest BCUT2D eigenvalue weighted by molar-refractivity contribution is 5.76. The summed E-state index contributed by atoms with van der Waals surface area (Å²) in [5.74, 6) is 1.51. The van der Waals surface area contributed by atoms with Crippen molar-refractivity contribution in [3.8, 4) is 17.1 Å². The minimum Gasteiger partial charge on any atom is -0.481 e. The van der Waals surface area contributed by atoms with Crippen LogP contribution in [-0.2, 0) is 0 Å². The summed E-state index contributed by atoms with van der Waals surface area (Å²) in [5, 5.41) is 3.51. The maximum Gasteiger partial charge on any atom is 0.218 e. The molecule has 23 heavy (non-hydrogen) atoms. The zero-order valence-corrected chi connectivity index (χ0v) is 13.5. The Morgan fingerprint density at radius 3 is 2.78 bits per heavy atom. The van der Waals surface area contributed by atoms with Crippen molar-refractivity contribution >= 4 is 11.5 Å². The van der Waals surface area contributed by atoms with Crippen molar-refractivity contribution in [2.24, 2.45) is 0 Å². The van der Waals surface area contributed by atoms with Gasteiger partial charge in [-0.1, -0.05) is 19.8 Å². The Hall–Kier alpha value is -2.63. The second-order valence-corrected chi connectivity index (χ2v) is 5.34. The molecular formula is C17H21N5O. The first-order valence-electron chi connectivity index (χ1n) is 7.90. The highest BCUT2D eigenvalue weighted by Crippen LogP contribution is 2.29. The third-order valence-electron chi connectivity index (χ3n) is 3.73. The second-order valence-electron chi connectivity index (χ2n) is 5.34. The fraction of sp³-hybridized carbons (Fsp3) is 0.353. The van der Waals surface area contributed by atoms with Crippen LogP contribution in [0.15, 0.2) is 36.9 Å². The molecule has 6 heteroatoms. The van der Waals surface area contributed by atoms with E-state index < -0.39 is 0 Å². The third kappa shape index (κ3) is 3.26. The quantitative estimate of drug-likeness (QED) is 0.677. The summed E-state index contributed by atoms with van der Waals surface area (Å²) in [6, 6.07) is 5.76. The molecule has 0 saturated heterocycles. The number of ether oxygens (including phenoxy) is 1. The fourth-order valence-corrected chi connectivity index (χ4v) is 2.50. The zero-order chi connectivity index (χ0) is 16.1. The molecular weight excluding hydrogens is 290 g/mol. The lowest BCUT2D eigenvalue weighted by molar-refractivity contribution is 0.397. The van der Waals surface area contributed by atoms with Crippen LogP contribution in [0.5, 0.6) is 5.88 Å². The monoisotopic (exact) mass is 311 g/mol. The summed E-state index contributed by atoms with van der Waals surface area (Å²) >= 11 is 0. The van der Waals surface area contributed by atoms with E-state index in [0.29, 0.717) is 5.88 Å². The Bertz CT molecular complexity index is 769. The van der Waals surface area contributed by atoms with Crippen LogP contribution in [0, 0.1) is 0 Å². The normalized spacial score (nSPS) is 10.9. The molecule has 6 nitrogen and oxygen atoms in total. The molecule has 0 fully saturated rings. The van der Waals surface area contributed by atoms with Crippen LogP contribution >= 0.6 is 0 Å². The molecule has 3 aromatic rings. The number of imidazole rings is 1. The van der Waals surface area contributed by atoms with E-state index in [0.717, 1.165) is 35.7 Å². The largest absolute Gasteiger partial charge is 0.481 e. The molecule has 1 N–H and O–H groups in total.